The molecular formula is C41H56N4O6Si. The molecule has 11 heteroatoms. The van der Waals surface area contributed by atoms with Gasteiger partial charge in [-0.05, 0) is 102 Å². The van der Waals surface area contributed by atoms with Crippen LogP contribution in [-0.4, -0.2) is 78.7 Å². The Labute approximate surface area is 309 Å². The minimum atomic E-state index is -3.05. The van der Waals surface area contributed by atoms with Gasteiger partial charge in [-0.3, -0.25) is 14.4 Å². The third-order valence-electron chi connectivity index (χ3n) is 11.6. The number of nitrogens with zero attached hydrogens (tertiary/aromatic N) is 2. The summed E-state index contributed by atoms with van der Waals surface area (Å²) in [6.07, 6.45) is 7.60. The molecule has 4 aliphatic heterocycles. The van der Waals surface area contributed by atoms with E-state index in [9.17, 15) is 24.3 Å². The van der Waals surface area contributed by atoms with Crippen LogP contribution in [0.25, 0.3) is 0 Å². The van der Waals surface area contributed by atoms with Gasteiger partial charge in [-0.25, -0.2) is 0 Å². The van der Waals surface area contributed by atoms with E-state index in [0.29, 0.717) is 36.4 Å². The summed E-state index contributed by atoms with van der Waals surface area (Å²) < 4.78 is 7.01. The normalized spacial score (nSPS) is 27.2. The number of carbonyl (C=O) groups is 3. The van der Waals surface area contributed by atoms with E-state index in [4.69, 9.17) is 4.74 Å². The second kappa shape index (κ2) is 15.4. The van der Waals surface area contributed by atoms with Crippen LogP contribution >= 0.6 is 0 Å². The Bertz CT molecular complexity index is 1740. The third-order valence-corrected chi connectivity index (χ3v) is 14.1. The number of fused-ring (bicyclic) bond motifs is 3. The fraction of sp³-hybridized carbons (Fsp3) is 0.537. The molecule has 0 aromatic heterocycles. The number of allylic oxidation sites excluding steroid dienone is 3. The van der Waals surface area contributed by atoms with E-state index in [1.807, 2.05) is 62.5 Å². The van der Waals surface area contributed by atoms with Crippen LogP contribution in [0.2, 0.25) is 18.6 Å². The standard InChI is InChI=1S/C41H56N4O6Si/c1-26(2)11-9-12-27(3)18-20-44-35-17-16-31(43-39(48)34-15-10-19-42-34)22-33(35)41(40(44)49)28(4)38(52(5,6)50)36(51-41)23-37(47)45-24-30-14-8-7-13-29(30)21-32(45)25-46/h7-8,11,13-14,16-18,22,28,32,34,36,38,42,46,50H,9-10,12,15,19-21,23-25H2,1-6H3,(H,43,48)/b27-18+/t28-,32-,34+,36+,38-,41+/m0/s1. The lowest BCUT2D eigenvalue weighted by molar-refractivity contribution is -0.150. The molecule has 6 rings (SSSR count). The highest BCUT2D eigenvalue weighted by Crippen LogP contribution is 2.60. The Hall–Kier alpha value is -3.61. The van der Waals surface area contributed by atoms with E-state index >= 15 is 0 Å². The number of ether oxygens (including phenoxy) is 1. The monoisotopic (exact) mass is 728 g/mol. The Morgan fingerprint density at radius 1 is 1.12 bits per heavy atom. The number of aliphatic hydroxyl groups is 1. The van der Waals surface area contributed by atoms with E-state index in [1.54, 1.807) is 9.80 Å². The van der Waals surface area contributed by atoms with Gasteiger partial charge in [0.25, 0.3) is 5.91 Å². The van der Waals surface area contributed by atoms with Crippen molar-refractivity contribution in [3.05, 3.63) is 82.5 Å². The third kappa shape index (κ3) is 7.43. The fourth-order valence-corrected chi connectivity index (χ4v) is 11.5. The second-order valence-electron chi connectivity index (χ2n) is 16.1. The lowest BCUT2D eigenvalue weighted by Crippen LogP contribution is -2.48. The molecule has 10 nitrogen and oxygen atoms in total. The van der Waals surface area contributed by atoms with Gasteiger partial charge in [-0.2, -0.15) is 0 Å². The lowest BCUT2D eigenvalue weighted by Gasteiger charge is -2.37. The van der Waals surface area contributed by atoms with E-state index in [2.05, 4.69) is 43.6 Å². The first-order chi connectivity index (χ1) is 24.7. The summed E-state index contributed by atoms with van der Waals surface area (Å²) in [4.78, 5) is 57.7. The molecule has 0 bridgehead atoms. The van der Waals surface area contributed by atoms with Crippen LogP contribution in [0.5, 0.6) is 0 Å². The van der Waals surface area contributed by atoms with Crippen molar-refractivity contribution in [2.45, 2.75) is 115 Å². The number of nitrogens with one attached hydrogen (secondary N) is 2. The maximum atomic E-state index is 15.0. The summed E-state index contributed by atoms with van der Waals surface area (Å²) in [6, 6.07) is 12.9. The molecule has 6 atom stereocenters. The summed E-state index contributed by atoms with van der Waals surface area (Å²) in [5, 5.41) is 16.6. The van der Waals surface area contributed by atoms with Gasteiger partial charge < -0.3 is 35.1 Å². The molecule has 2 aromatic carbocycles. The zero-order valence-electron chi connectivity index (χ0n) is 31.6. The van der Waals surface area contributed by atoms with Crippen LogP contribution in [0.4, 0.5) is 11.4 Å². The molecule has 0 unspecified atom stereocenters. The Kier molecular flexibility index (Phi) is 11.3. The molecule has 3 amide bonds. The zero-order chi connectivity index (χ0) is 37.4. The molecule has 0 saturated carbocycles. The van der Waals surface area contributed by atoms with E-state index in [0.717, 1.165) is 43.4 Å². The van der Waals surface area contributed by atoms with Crippen molar-refractivity contribution in [1.29, 1.82) is 0 Å². The average molecular weight is 729 g/mol. The van der Waals surface area contributed by atoms with Crippen molar-refractivity contribution in [1.82, 2.24) is 10.2 Å². The molecule has 4 N–H and O–H groups in total. The zero-order valence-corrected chi connectivity index (χ0v) is 32.6. The van der Waals surface area contributed by atoms with Crippen molar-refractivity contribution in [2.75, 3.05) is 29.9 Å². The van der Waals surface area contributed by atoms with Gasteiger partial charge in [-0.1, -0.05) is 54.5 Å². The predicted molar refractivity (Wildman–Crippen MR) is 206 cm³/mol. The molecule has 4 heterocycles. The molecule has 2 aromatic rings. The van der Waals surface area contributed by atoms with Crippen LogP contribution in [0.1, 0.15) is 76.5 Å². The van der Waals surface area contributed by atoms with Gasteiger partial charge in [0, 0.05) is 35.8 Å². The smallest absolute Gasteiger partial charge is 0.264 e. The quantitative estimate of drug-likeness (QED) is 0.176. The number of rotatable bonds is 11. The molecule has 280 valence electrons. The van der Waals surface area contributed by atoms with E-state index in [-0.39, 0.29) is 42.8 Å². The van der Waals surface area contributed by atoms with Crippen LogP contribution < -0.4 is 15.5 Å². The minimum Gasteiger partial charge on any atom is -0.432 e. The maximum absolute atomic E-state index is 15.0. The summed E-state index contributed by atoms with van der Waals surface area (Å²) in [5.41, 5.74) is 4.64. The van der Waals surface area contributed by atoms with Gasteiger partial charge in [0.1, 0.15) is 0 Å². The van der Waals surface area contributed by atoms with E-state index < -0.39 is 31.5 Å². The van der Waals surface area contributed by atoms with Crippen LogP contribution in [0.15, 0.2) is 65.8 Å². The van der Waals surface area contributed by atoms with Crippen LogP contribution in [0.3, 0.4) is 0 Å². The van der Waals surface area contributed by atoms with Crippen molar-refractivity contribution in [3.63, 3.8) is 0 Å². The van der Waals surface area contributed by atoms with E-state index in [1.165, 1.54) is 11.1 Å². The molecule has 0 radical (unpaired) electrons. The van der Waals surface area contributed by atoms with Gasteiger partial charge in [0.05, 0.1) is 36.9 Å². The summed E-state index contributed by atoms with van der Waals surface area (Å²) in [6.45, 7) is 13.3. The van der Waals surface area contributed by atoms with Gasteiger partial charge >= 0.3 is 0 Å². The molecular weight excluding hydrogens is 673 g/mol. The molecule has 1 spiro atoms. The van der Waals surface area contributed by atoms with Crippen molar-refractivity contribution < 1.29 is 29.0 Å². The lowest BCUT2D eigenvalue weighted by atomic mass is 9.82. The summed E-state index contributed by atoms with van der Waals surface area (Å²) in [5.74, 6) is -0.972. The van der Waals surface area contributed by atoms with Gasteiger partial charge in [-0.15, -0.1) is 0 Å². The van der Waals surface area contributed by atoms with Crippen molar-refractivity contribution in [3.8, 4) is 0 Å². The highest BCUT2D eigenvalue weighted by atomic mass is 28.4. The predicted octanol–water partition coefficient (Wildman–Crippen LogP) is 5.55. The number of anilines is 2. The molecule has 2 saturated heterocycles. The number of hydrogen-bond donors (Lipinski definition) is 4. The first kappa shape index (κ1) is 38.1. The number of carbonyl (C=O) groups excluding carboxylic acids is 3. The topological polar surface area (TPSA) is 131 Å². The van der Waals surface area contributed by atoms with Gasteiger partial charge in [0.15, 0.2) is 13.9 Å². The molecule has 0 aliphatic carbocycles. The van der Waals surface area contributed by atoms with Crippen LogP contribution in [-0.2, 0) is 37.7 Å². The summed E-state index contributed by atoms with van der Waals surface area (Å²) >= 11 is 0. The Morgan fingerprint density at radius 2 is 1.87 bits per heavy atom. The molecule has 52 heavy (non-hydrogen) atoms. The minimum absolute atomic E-state index is 0.0256. The van der Waals surface area contributed by atoms with Crippen molar-refractivity contribution in [2.24, 2.45) is 5.92 Å². The van der Waals surface area contributed by atoms with Crippen molar-refractivity contribution >= 4 is 37.4 Å². The molecule has 2 fully saturated rings. The fourth-order valence-electron chi connectivity index (χ4n) is 8.94. The number of hydrogen-bond acceptors (Lipinski definition) is 7. The highest BCUT2D eigenvalue weighted by Gasteiger charge is 2.66. The first-order valence-corrected chi connectivity index (χ1v) is 21.9. The van der Waals surface area contributed by atoms with Crippen LogP contribution in [0, 0.1) is 5.92 Å². The summed E-state index contributed by atoms with van der Waals surface area (Å²) in [7, 11) is -3.05. The SMILES string of the molecule is CC(C)=CCC/C(C)=C/CN1C(=O)[C@]2(O[C@H](CC(=O)N3Cc4ccccc4C[C@H]3CO)[C@@H]([Si](C)(C)O)[C@@H]2C)c2cc(NC(=O)[C@H]3CCCN3)ccc21. The number of benzene rings is 2. The Balaban J connectivity index is 1.34. The van der Waals surface area contributed by atoms with Gasteiger partial charge in [0.2, 0.25) is 11.8 Å². The average Bonchev–Trinajstić information content (AvgIpc) is 3.80. The Morgan fingerprint density at radius 3 is 2.54 bits per heavy atom. The highest BCUT2D eigenvalue weighted by molar-refractivity contribution is 6.71. The maximum Gasteiger partial charge on any atom is 0.264 e. The number of amides is 3. The second-order valence-corrected chi connectivity index (χ2v) is 20.0. The first-order valence-electron chi connectivity index (χ1n) is 18.9. The molecule has 4 aliphatic rings. The number of aliphatic hydroxyl groups excluding tert-OH is 1. The largest absolute Gasteiger partial charge is 0.432 e.